The maximum atomic E-state index is 14.0. The van der Waals surface area contributed by atoms with E-state index < -0.39 is 18.4 Å². The van der Waals surface area contributed by atoms with Gasteiger partial charge in [-0.05, 0) is 50.9 Å². The fourth-order valence-corrected chi connectivity index (χ4v) is 5.85. The van der Waals surface area contributed by atoms with Crippen molar-refractivity contribution in [2.45, 2.75) is 63.4 Å². The monoisotopic (exact) mass is 558 g/mol. The Morgan fingerprint density at radius 1 is 1.20 bits per heavy atom. The minimum Gasteiger partial charge on any atom is -0.459 e. The summed E-state index contributed by atoms with van der Waals surface area (Å²) in [5.74, 6) is -1.45. The molecule has 5 unspecified atom stereocenters. The van der Waals surface area contributed by atoms with E-state index in [1.807, 2.05) is 17.1 Å². The van der Waals surface area contributed by atoms with Crippen LogP contribution in [0.5, 0.6) is 0 Å². The largest absolute Gasteiger partial charge is 0.459 e. The van der Waals surface area contributed by atoms with E-state index in [0.29, 0.717) is 44.9 Å². The van der Waals surface area contributed by atoms with Crippen LogP contribution in [0, 0.1) is 23.2 Å². The number of rotatable bonds is 7. The molecule has 5 aliphatic rings. The first-order valence-electron chi connectivity index (χ1n) is 14.0. The number of aliphatic imine (C=N–C) groups is 3. The first-order chi connectivity index (χ1) is 19.4. The van der Waals surface area contributed by atoms with Crippen LogP contribution in [-0.2, 0) is 22.4 Å². The Balaban J connectivity index is 1.14. The zero-order valence-corrected chi connectivity index (χ0v) is 22.2. The smallest absolute Gasteiger partial charge is 0.402 e. The van der Waals surface area contributed by atoms with Crippen LogP contribution in [0.1, 0.15) is 42.8 Å². The molecule has 0 aromatic carbocycles. The molecule has 1 aromatic rings. The van der Waals surface area contributed by atoms with Gasteiger partial charge in [-0.2, -0.15) is 18.4 Å². The number of nitrogens with zero attached hydrogens (tertiary/aromatic N) is 6. The SMILES string of the molecule is N#CC1COC1N1CCc2oc(C3=NC(N=C4C=CC(OCCN5CCCC5)CC4)N=CC3C(F)(F)F)cc2C1. The average Bonchev–Trinajstić information content (AvgIpc) is 3.59. The zero-order chi connectivity index (χ0) is 27.7. The molecule has 0 N–H and O–H groups in total. The summed E-state index contributed by atoms with van der Waals surface area (Å²) in [7, 11) is 0. The van der Waals surface area contributed by atoms with E-state index in [9.17, 15) is 18.4 Å². The predicted octanol–water partition coefficient (Wildman–Crippen LogP) is 3.74. The maximum Gasteiger partial charge on any atom is 0.402 e. The number of furan rings is 1. The number of likely N-dealkylation sites (tertiary alicyclic amines) is 1. The van der Waals surface area contributed by atoms with Gasteiger partial charge < -0.3 is 18.8 Å². The molecule has 2 saturated heterocycles. The molecular weight excluding hydrogens is 525 g/mol. The third kappa shape index (κ3) is 5.93. The van der Waals surface area contributed by atoms with Crippen LogP contribution < -0.4 is 0 Å². The molecule has 40 heavy (non-hydrogen) atoms. The van der Waals surface area contributed by atoms with Gasteiger partial charge in [0.25, 0.3) is 0 Å². The van der Waals surface area contributed by atoms with Crippen molar-refractivity contribution < 1.29 is 27.1 Å². The number of ether oxygens (including phenoxy) is 2. The van der Waals surface area contributed by atoms with Crippen molar-refractivity contribution in [1.29, 1.82) is 5.26 Å². The summed E-state index contributed by atoms with van der Waals surface area (Å²) in [6.45, 7) is 5.33. The van der Waals surface area contributed by atoms with Crippen LogP contribution >= 0.6 is 0 Å². The first kappa shape index (κ1) is 27.3. The average molecular weight is 559 g/mol. The summed E-state index contributed by atoms with van der Waals surface area (Å²) in [6.07, 6.45) is 3.27. The normalized spacial score (nSPS) is 32.1. The van der Waals surface area contributed by atoms with Gasteiger partial charge in [0.15, 0.2) is 0 Å². The Bertz CT molecular complexity index is 1240. The summed E-state index contributed by atoms with van der Waals surface area (Å²) in [4.78, 5) is 17.3. The van der Waals surface area contributed by atoms with E-state index in [2.05, 4.69) is 25.9 Å². The fourth-order valence-electron chi connectivity index (χ4n) is 5.85. The Morgan fingerprint density at radius 3 is 2.75 bits per heavy atom. The third-order valence-electron chi connectivity index (χ3n) is 8.14. The highest BCUT2D eigenvalue weighted by molar-refractivity contribution is 6.10. The van der Waals surface area contributed by atoms with Crippen LogP contribution in [0.15, 0.2) is 37.6 Å². The van der Waals surface area contributed by atoms with Crippen LogP contribution in [0.3, 0.4) is 0 Å². The van der Waals surface area contributed by atoms with Crippen molar-refractivity contribution >= 4 is 17.6 Å². The van der Waals surface area contributed by atoms with E-state index in [0.717, 1.165) is 43.5 Å². The van der Waals surface area contributed by atoms with Gasteiger partial charge in [0.05, 0.1) is 31.1 Å². The lowest BCUT2D eigenvalue weighted by molar-refractivity contribution is -0.180. The molecule has 0 bridgehead atoms. The highest BCUT2D eigenvalue weighted by Crippen LogP contribution is 2.35. The molecule has 0 saturated carbocycles. The van der Waals surface area contributed by atoms with Gasteiger partial charge >= 0.3 is 6.18 Å². The predicted molar refractivity (Wildman–Crippen MR) is 141 cm³/mol. The van der Waals surface area contributed by atoms with Crippen molar-refractivity contribution in [3.05, 3.63) is 35.3 Å². The second kappa shape index (κ2) is 11.6. The van der Waals surface area contributed by atoms with E-state index in [1.54, 1.807) is 6.07 Å². The van der Waals surface area contributed by atoms with Crippen LogP contribution in [0.25, 0.3) is 0 Å². The number of hydrogen-bond donors (Lipinski definition) is 0. The van der Waals surface area contributed by atoms with Crippen molar-refractivity contribution in [3.63, 3.8) is 0 Å². The van der Waals surface area contributed by atoms with Crippen molar-refractivity contribution in [3.8, 4) is 6.07 Å². The van der Waals surface area contributed by atoms with Crippen LogP contribution in [0.2, 0.25) is 0 Å². The Hall–Kier alpha value is -2.85. The lowest BCUT2D eigenvalue weighted by atomic mass is 9.99. The minimum absolute atomic E-state index is 0.00728. The molecule has 9 nitrogen and oxygen atoms in total. The number of allylic oxidation sites excluding steroid dienone is 1. The van der Waals surface area contributed by atoms with E-state index in [-0.39, 0.29) is 29.7 Å². The molecule has 4 aliphatic heterocycles. The molecule has 1 aromatic heterocycles. The standard InChI is InChI=1S/C28H33F3N6O3/c29-28(30,31)22-15-33-27(34-20-3-5-21(6-4-20)38-12-11-36-8-1-2-9-36)35-25(22)24-13-18-16-37(10-7-23(18)40-24)26-19(14-32)17-39-26/h3,5,13,15,19,21-22,26-27H,1-2,4,6-12,16-17H2. The lowest BCUT2D eigenvalue weighted by Gasteiger charge is -2.42. The Labute approximate surface area is 231 Å². The van der Waals surface area contributed by atoms with Gasteiger partial charge in [0.1, 0.15) is 29.6 Å². The maximum absolute atomic E-state index is 14.0. The number of nitriles is 1. The molecule has 214 valence electrons. The van der Waals surface area contributed by atoms with Gasteiger partial charge in [0.2, 0.25) is 6.29 Å². The zero-order valence-electron chi connectivity index (χ0n) is 22.2. The second-order valence-corrected chi connectivity index (χ2v) is 10.9. The van der Waals surface area contributed by atoms with Crippen molar-refractivity contribution in [1.82, 2.24) is 9.80 Å². The number of hydrogen-bond acceptors (Lipinski definition) is 9. The van der Waals surface area contributed by atoms with E-state index >= 15 is 0 Å². The summed E-state index contributed by atoms with van der Waals surface area (Å²) < 4.78 is 59.4. The van der Waals surface area contributed by atoms with Crippen molar-refractivity contribution in [2.24, 2.45) is 26.8 Å². The molecule has 6 rings (SSSR count). The molecule has 0 spiro atoms. The first-order valence-corrected chi connectivity index (χ1v) is 14.0. The minimum atomic E-state index is -4.57. The summed E-state index contributed by atoms with van der Waals surface area (Å²) in [5.41, 5.74) is 1.31. The second-order valence-electron chi connectivity index (χ2n) is 10.9. The van der Waals surface area contributed by atoms with Gasteiger partial charge in [0, 0.05) is 43.5 Å². The molecule has 2 fully saturated rings. The number of halogens is 3. The molecule has 5 atom stereocenters. The molecular formula is C28H33F3N6O3. The van der Waals surface area contributed by atoms with E-state index in [1.165, 1.54) is 12.8 Å². The van der Waals surface area contributed by atoms with Gasteiger partial charge in [-0.15, -0.1) is 0 Å². The summed E-state index contributed by atoms with van der Waals surface area (Å²) in [6, 6.07) is 3.87. The van der Waals surface area contributed by atoms with Gasteiger partial charge in [-0.25, -0.2) is 15.0 Å². The fraction of sp³-hybridized carbons (Fsp3) is 0.643. The third-order valence-corrected chi connectivity index (χ3v) is 8.14. The number of fused-ring (bicyclic) bond motifs is 1. The number of alkyl halides is 3. The topological polar surface area (TPSA) is 99.0 Å². The lowest BCUT2D eigenvalue weighted by Crippen LogP contribution is -2.52. The van der Waals surface area contributed by atoms with Gasteiger partial charge in [-0.1, -0.05) is 6.08 Å². The molecule has 0 radical (unpaired) electrons. The van der Waals surface area contributed by atoms with Crippen molar-refractivity contribution in [2.75, 3.05) is 39.4 Å². The molecule has 12 heteroatoms. The van der Waals surface area contributed by atoms with Crippen LogP contribution in [0.4, 0.5) is 13.2 Å². The Kier molecular flexibility index (Phi) is 7.90. The highest BCUT2D eigenvalue weighted by atomic mass is 19.4. The molecule has 0 amide bonds. The Morgan fingerprint density at radius 2 is 2.05 bits per heavy atom. The summed E-state index contributed by atoms with van der Waals surface area (Å²) in [5, 5.41) is 9.26. The molecule has 1 aliphatic carbocycles. The molecule has 5 heterocycles. The van der Waals surface area contributed by atoms with E-state index in [4.69, 9.17) is 13.9 Å². The summed E-state index contributed by atoms with van der Waals surface area (Å²) >= 11 is 0. The van der Waals surface area contributed by atoms with Gasteiger partial charge in [-0.3, -0.25) is 4.90 Å². The highest BCUT2D eigenvalue weighted by Gasteiger charge is 2.46. The van der Waals surface area contributed by atoms with Crippen LogP contribution in [-0.4, -0.2) is 91.6 Å². The quantitative estimate of drug-likeness (QED) is 0.506.